The number of amides is 1. The molecule has 0 bridgehead atoms. The second kappa shape index (κ2) is 7.45. The number of nitrogens with one attached hydrogen (secondary N) is 2. The summed E-state index contributed by atoms with van der Waals surface area (Å²) >= 11 is 11.1. The number of aromatic nitrogens is 5. The topological polar surface area (TPSA) is 93.7 Å². The van der Waals surface area contributed by atoms with E-state index >= 15 is 0 Å². The lowest BCUT2D eigenvalue weighted by atomic mass is 10.2. The average molecular weight is 415 g/mol. The van der Waals surface area contributed by atoms with Gasteiger partial charge >= 0.3 is 0 Å². The third-order valence-electron chi connectivity index (χ3n) is 4.17. The number of hydrogen-bond acceptors (Lipinski definition) is 5. The zero-order valence-electron chi connectivity index (χ0n) is 14.7. The summed E-state index contributed by atoms with van der Waals surface area (Å²) in [6.07, 6.45) is 1.57. The summed E-state index contributed by atoms with van der Waals surface area (Å²) < 4.78 is 9.31. The summed E-state index contributed by atoms with van der Waals surface area (Å²) in [7, 11) is 1.78. The van der Waals surface area contributed by atoms with Crippen LogP contribution in [0.25, 0.3) is 17.1 Å². The molecular weight excluding hydrogens is 400 g/mol. The average Bonchev–Trinajstić information content (AvgIpc) is 3.42. The predicted octanol–water partition coefficient (Wildman–Crippen LogP) is 3.51. The highest BCUT2D eigenvalue weighted by atomic mass is 35.5. The molecular formula is C18H15ClN6O2S. The van der Waals surface area contributed by atoms with Gasteiger partial charge in [0.1, 0.15) is 5.69 Å². The maximum Gasteiger partial charge on any atom is 0.272 e. The minimum atomic E-state index is -0.338. The quantitative estimate of drug-likeness (QED) is 0.487. The first-order valence-corrected chi connectivity index (χ1v) is 9.10. The number of rotatable bonds is 5. The SMILES string of the molecule is Cn1c(CNC(=O)c2cc(-c3ccco3)n(-c3ccc(Cl)cc3)n2)n[nH]c1=S. The van der Waals surface area contributed by atoms with Crippen LogP contribution in [0.4, 0.5) is 0 Å². The first-order valence-electron chi connectivity index (χ1n) is 8.31. The molecule has 1 aromatic carbocycles. The second-order valence-corrected chi connectivity index (χ2v) is 6.79. The zero-order valence-corrected chi connectivity index (χ0v) is 16.3. The summed E-state index contributed by atoms with van der Waals surface area (Å²) in [6, 6.07) is 12.4. The molecule has 0 fully saturated rings. The van der Waals surface area contributed by atoms with Crippen molar-refractivity contribution in [2.24, 2.45) is 7.05 Å². The van der Waals surface area contributed by atoms with Crippen molar-refractivity contribution in [1.82, 2.24) is 29.9 Å². The molecule has 8 nitrogen and oxygen atoms in total. The van der Waals surface area contributed by atoms with Crippen LogP contribution < -0.4 is 5.32 Å². The van der Waals surface area contributed by atoms with E-state index in [9.17, 15) is 4.79 Å². The van der Waals surface area contributed by atoms with E-state index in [4.69, 9.17) is 28.2 Å². The molecule has 0 unspecified atom stereocenters. The van der Waals surface area contributed by atoms with Crippen molar-refractivity contribution in [3.63, 3.8) is 0 Å². The molecule has 0 spiro atoms. The molecule has 0 aliphatic carbocycles. The van der Waals surface area contributed by atoms with Crippen molar-refractivity contribution in [1.29, 1.82) is 0 Å². The third-order valence-corrected chi connectivity index (χ3v) is 4.78. The van der Waals surface area contributed by atoms with E-state index in [2.05, 4.69) is 20.6 Å². The highest BCUT2D eigenvalue weighted by Crippen LogP contribution is 2.25. The van der Waals surface area contributed by atoms with Crippen molar-refractivity contribution >= 4 is 29.7 Å². The molecule has 0 aliphatic heterocycles. The number of benzene rings is 1. The summed E-state index contributed by atoms with van der Waals surface area (Å²) in [5, 5.41) is 14.6. The van der Waals surface area contributed by atoms with Gasteiger partial charge in [0.2, 0.25) is 0 Å². The second-order valence-electron chi connectivity index (χ2n) is 5.97. The van der Waals surface area contributed by atoms with Crippen LogP contribution in [0, 0.1) is 4.77 Å². The Morgan fingerprint density at radius 3 is 2.75 bits per heavy atom. The van der Waals surface area contributed by atoms with Gasteiger partial charge in [-0.2, -0.15) is 10.2 Å². The largest absolute Gasteiger partial charge is 0.463 e. The lowest BCUT2D eigenvalue weighted by molar-refractivity contribution is 0.0944. The number of aromatic amines is 1. The number of carbonyl (C=O) groups excluding carboxylic acids is 1. The van der Waals surface area contributed by atoms with E-state index in [1.165, 1.54) is 0 Å². The van der Waals surface area contributed by atoms with Gasteiger partial charge in [0.15, 0.2) is 22.0 Å². The van der Waals surface area contributed by atoms with E-state index in [-0.39, 0.29) is 18.1 Å². The van der Waals surface area contributed by atoms with Crippen LogP contribution in [0.3, 0.4) is 0 Å². The van der Waals surface area contributed by atoms with Gasteiger partial charge in [0.25, 0.3) is 5.91 Å². The fraction of sp³-hybridized carbons (Fsp3) is 0.111. The molecule has 142 valence electrons. The fourth-order valence-electron chi connectivity index (χ4n) is 2.66. The first-order chi connectivity index (χ1) is 13.5. The van der Waals surface area contributed by atoms with Gasteiger partial charge in [-0.15, -0.1) is 0 Å². The highest BCUT2D eigenvalue weighted by molar-refractivity contribution is 7.71. The Labute approximate surface area is 169 Å². The summed E-state index contributed by atoms with van der Waals surface area (Å²) in [5.41, 5.74) is 1.65. The molecule has 0 saturated heterocycles. The van der Waals surface area contributed by atoms with Gasteiger partial charge in [-0.1, -0.05) is 11.6 Å². The van der Waals surface area contributed by atoms with E-state index in [0.29, 0.717) is 27.1 Å². The van der Waals surface area contributed by atoms with Gasteiger partial charge in [-0.25, -0.2) is 4.68 Å². The molecule has 0 saturated carbocycles. The van der Waals surface area contributed by atoms with Crippen LogP contribution in [0.1, 0.15) is 16.3 Å². The Morgan fingerprint density at radius 1 is 1.32 bits per heavy atom. The molecule has 4 aromatic rings. The molecule has 3 heterocycles. The monoisotopic (exact) mass is 414 g/mol. The predicted molar refractivity (Wildman–Crippen MR) is 106 cm³/mol. The molecule has 0 aliphatic rings. The van der Waals surface area contributed by atoms with E-state index in [1.54, 1.807) is 52.9 Å². The first kappa shape index (κ1) is 18.2. The van der Waals surface area contributed by atoms with Crippen molar-refractivity contribution in [2.45, 2.75) is 6.54 Å². The van der Waals surface area contributed by atoms with Crippen LogP contribution in [0.5, 0.6) is 0 Å². The van der Waals surface area contributed by atoms with Crippen molar-refractivity contribution in [3.05, 3.63) is 70.0 Å². The van der Waals surface area contributed by atoms with Gasteiger partial charge in [-0.3, -0.25) is 9.89 Å². The molecule has 10 heteroatoms. The number of hydrogen-bond donors (Lipinski definition) is 2. The van der Waals surface area contributed by atoms with Gasteiger partial charge in [-0.05, 0) is 48.6 Å². The minimum absolute atomic E-state index is 0.215. The number of furan rings is 1. The molecule has 4 rings (SSSR count). The molecule has 0 atom stereocenters. The molecule has 28 heavy (non-hydrogen) atoms. The minimum Gasteiger partial charge on any atom is -0.463 e. The molecule has 0 radical (unpaired) electrons. The Kier molecular flexibility index (Phi) is 4.84. The van der Waals surface area contributed by atoms with Crippen LogP contribution in [0.2, 0.25) is 5.02 Å². The lowest BCUT2D eigenvalue weighted by Gasteiger charge is -2.05. The van der Waals surface area contributed by atoms with Crippen LogP contribution in [0.15, 0.2) is 53.1 Å². The summed E-state index contributed by atoms with van der Waals surface area (Å²) in [5.74, 6) is 0.868. The van der Waals surface area contributed by atoms with E-state index in [1.807, 2.05) is 12.1 Å². The Balaban J connectivity index is 1.65. The standard InChI is InChI=1S/C18H15ClN6O2S/c1-24-16(21-22-18(24)28)10-20-17(26)13-9-14(15-3-2-8-27-15)25(23-13)12-6-4-11(19)5-7-12/h2-9H,10H2,1H3,(H,20,26)(H,22,28). The summed E-state index contributed by atoms with van der Waals surface area (Å²) in [4.78, 5) is 12.6. The summed E-state index contributed by atoms with van der Waals surface area (Å²) in [6.45, 7) is 0.215. The van der Waals surface area contributed by atoms with Crippen LogP contribution in [-0.2, 0) is 13.6 Å². The number of nitrogens with zero attached hydrogens (tertiary/aromatic N) is 4. The highest BCUT2D eigenvalue weighted by Gasteiger charge is 2.18. The fourth-order valence-corrected chi connectivity index (χ4v) is 2.94. The number of H-pyrrole nitrogens is 1. The van der Waals surface area contributed by atoms with Crippen molar-refractivity contribution in [2.75, 3.05) is 0 Å². The normalized spacial score (nSPS) is 10.9. The van der Waals surface area contributed by atoms with Crippen molar-refractivity contribution in [3.8, 4) is 17.1 Å². The van der Waals surface area contributed by atoms with Gasteiger partial charge < -0.3 is 14.3 Å². The van der Waals surface area contributed by atoms with Crippen LogP contribution in [-0.4, -0.2) is 30.5 Å². The van der Waals surface area contributed by atoms with Gasteiger partial charge in [0.05, 0.1) is 18.5 Å². The molecule has 3 aromatic heterocycles. The Hall–Kier alpha value is -3.17. The van der Waals surface area contributed by atoms with Crippen molar-refractivity contribution < 1.29 is 9.21 Å². The number of halogens is 1. The molecule has 2 N–H and O–H groups in total. The van der Waals surface area contributed by atoms with E-state index in [0.717, 1.165) is 5.69 Å². The maximum absolute atomic E-state index is 12.6. The Bertz CT molecular complexity index is 1170. The number of carbonyl (C=O) groups is 1. The Morgan fingerprint density at radius 2 is 2.11 bits per heavy atom. The zero-order chi connectivity index (χ0) is 19.7. The lowest BCUT2D eigenvalue weighted by Crippen LogP contribution is -2.25. The van der Waals surface area contributed by atoms with Gasteiger partial charge in [0, 0.05) is 18.1 Å². The third kappa shape index (κ3) is 3.49. The molecule has 1 amide bonds. The smallest absolute Gasteiger partial charge is 0.272 e. The van der Waals surface area contributed by atoms with E-state index < -0.39 is 0 Å². The maximum atomic E-state index is 12.6. The van der Waals surface area contributed by atoms with Crippen LogP contribution >= 0.6 is 23.8 Å².